The number of hydrogen-bond donors (Lipinski definition) is 3. The Morgan fingerprint density at radius 3 is 2.41 bits per heavy atom. The number of alkyl halides is 2. The minimum absolute atomic E-state index is 0.0339. The van der Waals surface area contributed by atoms with Crippen molar-refractivity contribution in [2.45, 2.75) is 43.8 Å². The molecule has 4 aromatic rings. The van der Waals surface area contributed by atoms with Gasteiger partial charge < -0.3 is 15.7 Å². The summed E-state index contributed by atoms with van der Waals surface area (Å²) in [6, 6.07) is 12.8. The molecule has 1 aliphatic carbocycles. The van der Waals surface area contributed by atoms with Gasteiger partial charge in [0.15, 0.2) is 5.13 Å². The quantitative estimate of drug-likeness (QED) is 0.319. The third kappa shape index (κ3) is 4.83. The third-order valence-electron chi connectivity index (χ3n) is 5.81. The first-order valence-electron chi connectivity index (χ1n) is 11.0. The molecule has 5 rings (SSSR count). The van der Waals surface area contributed by atoms with Crippen molar-refractivity contribution in [1.29, 1.82) is 0 Å². The second-order valence-electron chi connectivity index (χ2n) is 8.30. The average molecular weight is 486 g/mol. The van der Waals surface area contributed by atoms with E-state index in [4.69, 9.17) is 0 Å². The zero-order chi connectivity index (χ0) is 23.7. The van der Waals surface area contributed by atoms with Gasteiger partial charge in [-0.2, -0.15) is 13.8 Å². The van der Waals surface area contributed by atoms with Gasteiger partial charge in [0.05, 0.1) is 16.3 Å². The Balaban J connectivity index is 1.49. The maximum Gasteiger partial charge on any atom is 0.315 e. The maximum atomic E-state index is 15.4. The summed E-state index contributed by atoms with van der Waals surface area (Å²) in [6.45, 7) is 0. The summed E-state index contributed by atoms with van der Waals surface area (Å²) in [5.74, 6) is -3.84. The molecule has 2 heterocycles. The van der Waals surface area contributed by atoms with Crippen molar-refractivity contribution in [3.63, 3.8) is 0 Å². The molecule has 10 heteroatoms. The molecule has 1 aliphatic rings. The van der Waals surface area contributed by atoms with Gasteiger partial charge in [-0.05, 0) is 62.1 Å². The Morgan fingerprint density at radius 1 is 0.941 bits per heavy atom. The monoisotopic (exact) mass is 485 g/mol. The van der Waals surface area contributed by atoms with Gasteiger partial charge in [-0.25, -0.2) is 14.4 Å². The van der Waals surface area contributed by atoms with Crippen LogP contribution in [0, 0.1) is 5.82 Å². The molecule has 1 saturated carbocycles. The first kappa shape index (κ1) is 22.5. The van der Waals surface area contributed by atoms with Crippen molar-refractivity contribution in [3.8, 4) is 0 Å². The topological polar surface area (TPSA) is 83.0 Å². The fourth-order valence-corrected chi connectivity index (χ4v) is 4.85. The van der Waals surface area contributed by atoms with Gasteiger partial charge in [-0.15, -0.1) is 0 Å². The summed E-state index contributed by atoms with van der Waals surface area (Å²) in [6.07, 6.45) is 2.28. The van der Waals surface area contributed by atoms with E-state index in [1.165, 1.54) is 17.4 Å². The molecule has 6 nitrogen and oxygen atoms in total. The van der Waals surface area contributed by atoms with E-state index < -0.39 is 17.4 Å². The molecular formula is C24H22F3N5OS. The number of thiazole rings is 1. The lowest BCUT2D eigenvalue weighted by Gasteiger charge is -2.26. The van der Waals surface area contributed by atoms with Crippen LogP contribution in [-0.2, 0) is 5.92 Å². The lowest BCUT2D eigenvalue weighted by molar-refractivity contribution is 0.0380. The molecule has 0 saturated heterocycles. The molecule has 1 fully saturated rings. The van der Waals surface area contributed by atoms with Gasteiger partial charge in [0, 0.05) is 17.7 Å². The molecule has 0 aliphatic heterocycles. The lowest BCUT2D eigenvalue weighted by Crippen LogP contribution is -2.29. The highest BCUT2D eigenvalue weighted by Gasteiger charge is 2.37. The molecule has 3 N–H and O–H groups in total. The molecule has 0 bridgehead atoms. The van der Waals surface area contributed by atoms with Crippen LogP contribution < -0.4 is 10.6 Å². The predicted octanol–water partition coefficient (Wildman–Crippen LogP) is 5.82. The third-order valence-corrected chi connectivity index (χ3v) is 6.77. The van der Waals surface area contributed by atoms with Crippen molar-refractivity contribution in [3.05, 3.63) is 71.7 Å². The van der Waals surface area contributed by atoms with E-state index in [2.05, 4.69) is 25.6 Å². The van der Waals surface area contributed by atoms with Crippen LogP contribution in [0.25, 0.3) is 10.2 Å². The first-order valence-corrected chi connectivity index (χ1v) is 11.8. The molecule has 0 spiro atoms. The van der Waals surface area contributed by atoms with Gasteiger partial charge in [-0.3, -0.25) is 0 Å². The minimum atomic E-state index is -3.47. The average Bonchev–Trinajstić information content (AvgIpc) is 3.23. The van der Waals surface area contributed by atoms with Crippen LogP contribution in [0.15, 0.2) is 54.6 Å². The molecule has 0 amide bonds. The summed E-state index contributed by atoms with van der Waals surface area (Å²) >= 11 is 1.39. The van der Waals surface area contributed by atoms with E-state index in [0.717, 1.165) is 34.5 Å². The fourth-order valence-electron chi connectivity index (χ4n) is 3.98. The number of hydrogen-bond acceptors (Lipinski definition) is 7. The Kier molecular flexibility index (Phi) is 6.09. The molecule has 0 unspecified atom stereocenters. The van der Waals surface area contributed by atoms with Gasteiger partial charge in [0.2, 0.25) is 5.95 Å². The number of para-hydroxylation sites is 1. The Labute approximate surface area is 197 Å². The predicted molar refractivity (Wildman–Crippen MR) is 126 cm³/mol. The van der Waals surface area contributed by atoms with E-state index in [9.17, 15) is 9.50 Å². The lowest BCUT2D eigenvalue weighted by atomic mass is 9.93. The summed E-state index contributed by atoms with van der Waals surface area (Å²) < 4.78 is 45.1. The number of nitrogens with one attached hydrogen (secondary N) is 2. The SMILES string of the molecule is O[C@H]1CC[C@H](Nc2nc(Nc3nc4ccccc4s3)cc(C(F)(F)c3ccc(F)cc3)n2)CC1. The van der Waals surface area contributed by atoms with Crippen LogP contribution in [-0.4, -0.2) is 32.2 Å². The first-order chi connectivity index (χ1) is 16.4. The number of benzene rings is 2. The van der Waals surface area contributed by atoms with Crippen molar-refractivity contribution in [2.24, 2.45) is 0 Å². The second kappa shape index (κ2) is 9.19. The number of anilines is 3. The zero-order valence-electron chi connectivity index (χ0n) is 18.0. The molecule has 34 heavy (non-hydrogen) atoms. The second-order valence-corrected chi connectivity index (χ2v) is 9.34. The standard InChI is InChI=1S/C24H22F3N5OS/c25-15-7-5-14(6-8-15)24(26,27)20-13-21(32-23-29-18-3-1-2-4-19(18)34-23)31-22(30-20)28-16-9-11-17(33)12-10-16/h1-8,13,16-17,33H,9-12H2,(H2,28,29,30,31,32)/t16-,17-. The van der Waals surface area contributed by atoms with Crippen LogP contribution in [0.1, 0.15) is 36.9 Å². The van der Waals surface area contributed by atoms with Crippen LogP contribution in [0.3, 0.4) is 0 Å². The van der Waals surface area contributed by atoms with E-state index in [1.807, 2.05) is 24.3 Å². The summed E-state index contributed by atoms with van der Waals surface area (Å²) in [5.41, 5.74) is -0.0960. The fraction of sp³-hybridized carbons (Fsp3) is 0.292. The largest absolute Gasteiger partial charge is 0.393 e. The smallest absolute Gasteiger partial charge is 0.315 e. The summed E-state index contributed by atoms with van der Waals surface area (Å²) in [5, 5.41) is 16.5. The number of aromatic nitrogens is 3. The summed E-state index contributed by atoms with van der Waals surface area (Å²) in [4.78, 5) is 13.0. The molecule has 2 aromatic carbocycles. The molecule has 0 radical (unpaired) electrons. The Morgan fingerprint density at radius 2 is 1.68 bits per heavy atom. The zero-order valence-corrected chi connectivity index (χ0v) is 18.8. The molecule has 0 atom stereocenters. The molecule has 2 aromatic heterocycles. The maximum absolute atomic E-state index is 15.4. The Bertz CT molecular complexity index is 1260. The molecule has 176 valence electrons. The van der Waals surface area contributed by atoms with E-state index in [1.54, 1.807) is 0 Å². The van der Waals surface area contributed by atoms with Crippen molar-refractivity contribution in [1.82, 2.24) is 15.0 Å². The Hall–Kier alpha value is -3.24. The summed E-state index contributed by atoms with van der Waals surface area (Å²) in [7, 11) is 0. The van der Waals surface area contributed by atoms with Gasteiger partial charge in [0.1, 0.15) is 17.3 Å². The van der Waals surface area contributed by atoms with Gasteiger partial charge >= 0.3 is 5.92 Å². The highest BCUT2D eigenvalue weighted by Crippen LogP contribution is 2.37. The number of nitrogens with zero attached hydrogens (tertiary/aromatic N) is 3. The van der Waals surface area contributed by atoms with Crippen LogP contribution >= 0.6 is 11.3 Å². The van der Waals surface area contributed by atoms with Crippen molar-refractivity contribution in [2.75, 3.05) is 10.6 Å². The van der Waals surface area contributed by atoms with Crippen molar-refractivity contribution >= 4 is 38.5 Å². The van der Waals surface area contributed by atoms with Crippen LogP contribution in [0.2, 0.25) is 0 Å². The normalized spacial score (nSPS) is 18.7. The number of halogens is 3. The highest BCUT2D eigenvalue weighted by atomic mass is 32.1. The van der Waals surface area contributed by atoms with Gasteiger partial charge in [-0.1, -0.05) is 23.5 Å². The number of aliphatic hydroxyl groups excluding tert-OH is 1. The number of rotatable bonds is 6. The highest BCUT2D eigenvalue weighted by molar-refractivity contribution is 7.22. The molecular weight excluding hydrogens is 463 g/mol. The van der Waals surface area contributed by atoms with E-state index in [0.29, 0.717) is 30.8 Å². The van der Waals surface area contributed by atoms with Crippen LogP contribution in [0.5, 0.6) is 0 Å². The van der Waals surface area contributed by atoms with E-state index >= 15 is 8.78 Å². The minimum Gasteiger partial charge on any atom is -0.393 e. The van der Waals surface area contributed by atoms with Crippen LogP contribution in [0.4, 0.5) is 30.1 Å². The van der Waals surface area contributed by atoms with Gasteiger partial charge in [0.25, 0.3) is 0 Å². The van der Waals surface area contributed by atoms with Crippen molar-refractivity contribution < 1.29 is 18.3 Å². The number of fused-ring (bicyclic) bond motifs is 1. The van der Waals surface area contributed by atoms with E-state index in [-0.39, 0.29) is 29.5 Å². The number of aliphatic hydroxyl groups is 1.